The fourth-order valence-electron chi connectivity index (χ4n) is 1.18. The first-order valence-electron chi connectivity index (χ1n) is 4.90. The lowest BCUT2D eigenvalue weighted by atomic mass is 10.1. The van der Waals surface area contributed by atoms with Crippen molar-refractivity contribution in [2.24, 2.45) is 0 Å². The summed E-state index contributed by atoms with van der Waals surface area (Å²) in [5.74, 6) is -1.22. The van der Waals surface area contributed by atoms with Gasteiger partial charge in [0, 0.05) is 19.3 Å². The molecular formula is C11H12O4S. The smallest absolute Gasteiger partial charge is 0.303 e. The Hall–Kier alpha value is -1.49. The van der Waals surface area contributed by atoms with Crippen LogP contribution in [-0.2, 0) is 9.59 Å². The number of hydrogen-bond acceptors (Lipinski definition) is 4. The molecule has 0 spiro atoms. The molecule has 0 aliphatic carbocycles. The third kappa shape index (κ3) is 4.35. The summed E-state index contributed by atoms with van der Waals surface area (Å²) in [6.45, 7) is 0. The van der Waals surface area contributed by atoms with Crippen LogP contribution in [0.1, 0.15) is 35.4 Å². The Morgan fingerprint density at radius 1 is 1.12 bits per heavy atom. The van der Waals surface area contributed by atoms with Crippen LogP contribution >= 0.6 is 11.3 Å². The van der Waals surface area contributed by atoms with E-state index >= 15 is 0 Å². The van der Waals surface area contributed by atoms with Gasteiger partial charge in [-0.05, 0) is 11.4 Å². The number of carbonyl (C=O) groups is 3. The Morgan fingerprint density at radius 2 is 1.81 bits per heavy atom. The van der Waals surface area contributed by atoms with Crippen LogP contribution in [-0.4, -0.2) is 22.6 Å². The van der Waals surface area contributed by atoms with E-state index in [-0.39, 0.29) is 37.2 Å². The van der Waals surface area contributed by atoms with Crippen molar-refractivity contribution >= 4 is 28.9 Å². The van der Waals surface area contributed by atoms with E-state index in [0.717, 1.165) is 0 Å². The lowest BCUT2D eigenvalue weighted by Crippen LogP contribution is -2.06. The van der Waals surface area contributed by atoms with E-state index in [0.29, 0.717) is 4.88 Å². The highest BCUT2D eigenvalue weighted by atomic mass is 32.1. The lowest BCUT2D eigenvalue weighted by molar-refractivity contribution is -0.138. The van der Waals surface area contributed by atoms with Gasteiger partial charge in [-0.2, -0.15) is 0 Å². The van der Waals surface area contributed by atoms with E-state index in [1.807, 2.05) is 0 Å². The number of Topliss-reactive ketones (excluding diaryl/α,β-unsaturated/α-hetero) is 2. The highest BCUT2D eigenvalue weighted by molar-refractivity contribution is 7.12. The zero-order valence-electron chi connectivity index (χ0n) is 8.64. The molecule has 0 unspecified atom stereocenters. The minimum atomic E-state index is -0.988. The summed E-state index contributed by atoms with van der Waals surface area (Å²) in [5, 5.41) is 10.2. The van der Waals surface area contributed by atoms with Gasteiger partial charge in [0.2, 0.25) is 0 Å². The fourth-order valence-corrected chi connectivity index (χ4v) is 1.88. The molecular weight excluding hydrogens is 228 g/mol. The molecule has 0 radical (unpaired) electrons. The molecule has 1 aromatic rings. The Balaban J connectivity index is 2.27. The van der Waals surface area contributed by atoms with E-state index in [4.69, 9.17) is 5.11 Å². The van der Waals surface area contributed by atoms with Gasteiger partial charge < -0.3 is 5.11 Å². The summed E-state index contributed by atoms with van der Waals surface area (Å²) >= 11 is 1.35. The summed E-state index contributed by atoms with van der Waals surface area (Å²) < 4.78 is 0. The van der Waals surface area contributed by atoms with Gasteiger partial charge >= 0.3 is 5.97 Å². The molecule has 1 rings (SSSR count). The minimum Gasteiger partial charge on any atom is -0.481 e. The highest BCUT2D eigenvalue weighted by Crippen LogP contribution is 2.12. The van der Waals surface area contributed by atoms with Gasteiger partial charge in [-0.25, -0.2) is 0 Å². The highest BCUT2D eigenvalue weighted by Gasteiger charge is 2.11. The van der Waals surface area contributed by atoms with Crippen molar-refractivity contribution in [3.05, 3.63) is 22.4 Å². The molecule has 0 fully saturated rings. The van der Waals surface area contributed by atoms with Crippen molar-refractivity contribution in [3.63, 3.8) is 0 Å². The number of carboxylic acid groups (broad SMARTS) is 1. The van der Waals surface area contributed by atoms with Crippen LogP contribution in [0.3, 0.4) is 0 Å². The first-order chi connectivity index (χ1) is 7.59. The molecule has 0 aliphatic heterocycles. The molecule has 86 valence electrons. The maximum Gasteiger partial charge on any atom is 0.303 e. The average molecular weight is 240 g/mol. The first kappa shape index (κ1) is 12.6. The van der Waals surface area contributed by atoms with Gasteiger partial charge in [-0.1, -0.05) is 6.07 Å². The predicted molar refractivity (Wildman–Crippen MR) is 59.8 cm³/mol. The zero-order chi connectivity index (χ0) is 12.0. The van der Waals surface area contributed by atoms with Crippen molar-refractivity contribution in [1.29, 1.82) is 0 Å². The number of carboxylic acids is 1. The number of ketones is 2. The summed E-state index contributed by atoms with van der Waals surface area (Å²) in [6.07, 6.45) is 0.141. The summed E-state index contributed by atoms with van der Waals surface area (Å²) in [4.78, 5) is 33.6. The third-order valence-electron chi connectivity index (χ3n) is 2.04. The number of hydrogen-bond donors (Lipinski definition) is 1. The second-order valence-corrected chi connectivity index (χ2v) is 4.28. The van der Waals surface area contributed by atoms with E-state index in [2.05, 4.69) is 0 Å². The molecule has 0 amide bonds. The van der Waals surface area contributed by atoms with E-state index in [1.165, 1.54) is 11.3 Å². The van der Waals surface area contributed by atoms with Crippen molar-refractivity contribution < 1.29 is 19.5 Å². The third-order valence-corrected chi connectivity index (χ3v) is 2.96. The van der Waals surface area contributed by atoms with Gasteiger partial charge in [0.15, 0.2) is 5.78 Å². The van der Waals surface area contributed by atoms with Gasteiger partial charge in [0.25, 0.3) is 0 Å². The fraction of sp³-hybridized carbons (Fsp3) is 0.364. The van der Waals surface area contributed by atoms with E-state index in [1.54, 1.807) is 17.5 Å². The number of carbonyl (C=O) groups excluding carboxylic acids is 2. The Kier molecular flexibility index (Phi) is 4.85. The van der Waals surface area contributed by atoms with Gasteiger partial charge in [-0.15, -0.1) is 11.3 Å². The maximum atomic E-state index is 11.5. The molecule has 0 saturated heterocycles. The Bertz CT molecular complexity index is 381. The molecule has 5 heteroatoms. The molecule has 0 bridgehead atoms. The SMILES string of the molecule is O=C(O)CCC(=O)CCC(=O)c1cccs1. The lowest BCUT2D eigenvalue weighted by Gasteiger charge is -1.97. The monoisotopic (exact) mass is 240 g/mol. The quantitative estimate of drug-likeness (QED) is 0.741. The van der Waals surface area contributed by atoms with Crippen LogP contribution in [0, 0.1) is 0 Å². The summed E-state index contributed by atoms with van der Waals surface area (Å²) in [5.41, 5.74) is 0. The zero-order valence-corrected chi connectivity index (χ0v) is 9.46. The first-order valence-corrected chi connectivity index (χ1v) is 5.78. The predicted octanol–water partition coefficient (Wildman–Crippen LogP) is 2.14. The number of rotatable bonds is 7. The van der Waals surface area contributed by atoms with Crippen LogP contribution in [0.2, 0.25) is 0 Å². The van der Waals surface area contributed by atoms with Crippen molar-refractivity contribution in [3.8, 4) is 0 Å². The molecule has 1 heterocycles. The minimum absolute atomic E-state index is 0.00700. The van der Waals surface area contributed by atoms with Crippen LogP contribution < -0.4 is 0 Å². The molecule has 16 heavy (non-hydrogen) atoms. The molecule has 0 aromatic carbocycles. The molecule has 1 aromatic heterocycles. The molecule has 0 saturated carbocycles. The van der Waals surface area contributed by atoms with Crippen LogP contribution in [0.25, 0.3) is 0 Å². The van der Waals surface area contributed by atoms with Crippen molar-refractivity contribution in [2.45, 2.75) is 25.7 Å². The second-order valence-electron chi connectivity index (χ2n) is 3.33. The summed E-state index contributed by atoms with van der Waals surface area (Å²) in [6, 6.07) is 3.50. The molecule has 1 N–H and O–H groups in total. The summed E-state index contributed by atoms with van der Waals surface area (Å²) in [7, 11) is 0. The second kappa shape index (κ2) is 6.17. The average Bonchev–Trinajstić information content (AvgIpc) is 2.76. The molecule has 0 atom stereocenters. The van der Waals surface area contributed by atoms with Gasteiger partial charge in [0.1, 0.15) is 5.78 Å². The van der Waals surface area contributed by atoms with Crippen LogP contribution in [0.4, 0.5) is 0 Å². The maximum absolute atomic E-state index is 11.5. The topological polar surface area (TPSA) is 71.4 Å². The molecule has 0 aliphatic rings. The van der Waals surface area contributed by atoms with Crippen LogP contribution in [0.5, 0.6) is 0 Å². The standard InChI is InChI=1S/C11H12O4S/c12-8(4-6-11(14)15)3-5-9(13)10-2-1-7-16-10/h1-2,7H,3-6H2,(H,14,15). The Morgan fingerprint density at radius 3 is 2.38 bits per heavy atom. The number of aliphatic carboxylic acids is 1. The van der Waals surface area contributed by atoms with E-state index < -0.39 is 5.97 Å². The van der Waals surface area contributed by atoms with Gasteiger partial charge in [0.05, 0.1) is 11.3 Å². The largest absolute Gasteiger partial charge is 0.481 e. The van der Waals surface area contributed by atoms with E-state index in [9.17, 15) is 14.4 Å². The number of thiophene rings is 1. The normalized spacial score (nSPS) is 10.0. The van der Waals surface area contributed by atoms with Gasteiger partial charge in [-0.3, -0.25) is 14.4 Å². The van der Waals surface area contributed by atoms with Crippen LogP contribution in [0.15, 0.2) is 17.5 Å². The van der Waals surface area contributed by atoms with Crippen molar-refractivity contribution in [1.82, 2.24) is 0 Å². The Labute approximate surface area is 96.9 Å². The van der Waals surface area contributed by atoms with Crippen molar-refractivity contribution in [2.75, 3.05) is 0 Å². The molecule has 4 nitrogen and oxygen atoms in total.